The molecule has 0 aliphatic rings. The third-order valence-electron chi connectivity index (χ3n) is 2.52. The Morgan fingerprint density at radius 1 is 1.44 bits per heavy atom. The molecule has 16 heavy (non-hydrogen) atoms. The lowest BCUT2D eigenvalue weighted by atomic mass is 10.1. The van der Waals surface area contributed by atoms with Crippen LogP contribution in [0.4, 0.5) is 0 Å². The normalized spacial score (nSPS) is 12.9. The van der Waals surface area contributed by atoms with Crippen molar-refractivity contribution in [3.63, 3.8) is 0 Å². The highest BCUT2D eigenvalue weighted by Gasteiger charge is 2.10. The number of ether oxygens (including phenoxy) is 1. The minimum absolute atomic E-state index is 0.149. The van der Waals surface area contributed by atoms with Gasteiger partial charge in [0.05, 0.1) is 11.1 Å². The molecule has 0 saturated heterocycles. The van der Waals surface area contributed by atoms with Gasteiger partial charge in [-0.1, -0.05) is 25.4 Å². The zero-order valence-electron chi connectivity index (χ0n) is 10.2. The van der Waals surface area contributed by atoms with E-state index in [2.05, 4.69) is 24.1 Å². The number of nitrogens with zero attached hydrogens (tertiary/aromatic N) is 1. The van der Waals surface area contributed by atoms with Crippen molar-refractivity contribution in [1.82, 2.24) is 10.3 Å². The van der Waals surface area contributed by atoms with Gasteiger partial charge in [-0.3, -0.25) is 0 Å². The molecule has 0 aliphatic heterocycles. The van der Waals surface area contributed by atoms with Crippen LogP contribution >= 0.6 is 11.6 Å². The summed E-state index contributed by atoms with van der Waals surface area (Å²) in [5.74, 6) is 1.10. The Balaban J connectivity index is 2.78. The molecule has 1 aromatic rings. The van der Waals surface area contributed by atoms with Crippen molar-refractivity contribution < 1.29 is 4.74 Å². The van der Waals surface area contributed by atoms with E-state index in [4.69, 9.17) is 16.3 Å². The van der Waals surface area contributed by atoms with Gasteiger partial charge in [-0.05, 0) is 25.5 Å². The number of halogens is 1. The van der Waals surface area contributed by atoms with E-state index in [1.54, 1.807) is 6.20 Å². The molecule has 0 amide bonds. The highest BCUT2D eigenvalue weighted by molar-refractivity contribution is 6.31. The van der Waals surface area contributed by atoms with Crippen LogP contribution < -0.4 is 10.1 Å². The maximum absolute atomic E-state index is 6.02. The minimum Gasteiger partial charge on any atom is -0.474 e. The SMILES string of the molecule is CNCc1cc(OC(C)C(C)C)ncc1Cl. The van der Waals surface area contributed by atoms with Gasteiger partial charge in [0.2, 0.25) is 5.88 Å². The molecule has 1 unspecified atom stereocenters. The third kappa shape index (κ3) is 3.65. The van der Waals surface area contributed by atoms with Crippen LogP contribution in [0.1, 0.15) is 26.3 Å². The van der Waals surface area contributed by atoms with Gasteiger partial charge in [-0.15, -0.1) is 0 Å². The summed E-state index contributed by atoms with van der Waals surface area (Å²) in [7, 11) is 1.88. The Labute approximate surface area is 102 Å². The van der Waals surface area contributed by atoms with Crippen LogP contribution in [0.15, 0.2) is 12.3 Å². The molecule has 1 rings (SSSR count). The van der Waals surface area contributed by atoms with E-state index in [9.17, 15) is 0 Å². The minimum atomic E-state index is 0.149. The van der Waals surface area contributed by atoms with Crippen LogP contribution in [0.3, 0.4) is 0 Å². The van der Waals surface area contributed by atoms with Gasteiger partial charge < -0.3 is 10.1 Å². The number of pyridine rings is 1. The monoisotopic (exact) mass is 242 g/mol. The summed E-state index contributed by atoms with van der Waals surface area (Å²) in [6, 6.07) is 1.89. The summed E-state index contributed by atoms with van der Waals surface area (Å²) >= 11 is 6.02. The van der Waals surface area contributed by atoms with Crippen molar-refractivity contribution in [2.75, 3.05) is 7.05 Å². The fourth-order valence-electron chi connectivity index (χ4n) is 1.18. The average Bonchev–Trinajstić information content (AvgIpc) is 2.23. The fraction of sp³-hybridized carbons (Fsp3) is 0.583. The number of hydrogen-bond acceptors (Lipinski definition) is 3. The highest BCUT2D eigenvalue weighted by atomic mass is 35.5. The molecular weight excluding hydrogens is 224 g/mol. The first-order chi connectivity index (χ1) is 7.54. The molecule has 0 radical (unpaired) electrons. The van der Waals surface area contributed by atoms with Crippen molar-refractivity contribution in [3.05, 3.63) is 22.8 Å². The van der Waals surface area contributed by atoms with Gasteiger partial charge in [-0.25, -0.2) is 4.98 Å². The summed E-state index contributed by atoms with van der Waals surface area (Å²) in [4.78, 5) is 4.16. The van der Waals surface area contributed by atoms with E-state index < -0.39 is 0 Å². The lowest BCUT2D eigenvalue weighted by Gasteiger charge is -2.17. The number of hydrogen-bond donors (Lipinski definition) is 1. The Bertz CT molecular complexity index is 342. The molecule has 1 aromatic heterocycles. The number of aromatic nitrogens is 1. The van der Waals surface area contributed by atoms with Gasteiger partial charge in [0, 0.05) is 18.8 Å². The molecule has 1 N–H and O–H groups in total. The zero-order chi connectivity index (χ0) is 12.1. The maximum Gasteiger partial charge on any atom is 0.213 e. The molecule has 0 fully saturated rings. The van der Waals surface area contributed by atoms with Crippen molar-refractivity contribution in [3.8, 4) is 5.88 Å². The molecular formula is C12H19ClN2O. The first-order valence-electron chi connectivity index (χ1n) is 5.50. The van der Waals surface area contributed by atoms with E-state index in [0.29, 0.717) is 23.4 Å². The van der Waals surface area contributed by atoms with Gasteiger partial charge in [0.15, 0.2) is 0 Å². The Morgan fingerprint density at radius 2 is 2.12 bits per heavy atom. The molecule has 0 spiro atoms. The van der Waals surface area contributed by atoms with Crippen LogP contribution in [0, 0.1) is 5.92 Å². The summed E-state index contributed by atoms with van der Waals surface area (Å²) in [6.07, 6.45) is 1.78. The average molecular weight is 243 g/mol. The van der Waals surface area contributed by atoms with Crippen molar-refractivity contribution in [2.45, 2.75) is 33.4 Å². The predicted octanol–water partition coefficient (Wildman–Crippen LogP) is 2.88. The van der Waals surface area contributed by atoms with Gasteiger partial charge >= 0.3 is 0 Å². The Morgan fingerprint density at radius 3 is 2.69 bits per heavy atom. The summed E-state index contributed by atoms with van der Waals surface area (Å²) in [5, 5.41) is 3.73. The smallest absolute Gasteiger partial charge is 0.213 e. The molecule has 1 heterocycles. The maximum atomic E-state index is 6.02. The molecule has 0 aromatic carbocycles. The van der Waals surface area contributed by atoms with E-state index in [-0.39, 0.29) is 6.10 Å². The molecule has 1 atom stereocenters. The molecule has 0 bridgehead atoms. The van der Waals surface area contributed by atoms with Crippen molar-refractivity contribution in [1.29, 1.82) is 0 Å². The van der Waals surface area contributed by atoms with Crippen LogP contribution in [0.5, 0.6) is 5.88 Å². The summed E-state index contributed by atoms with van der Waals surface area (Å²) in [6.45, 7) is 7.00. The topological polar surface area (TPSA) is 34.1 Å². The zero-order valence-corrected chi connectivity index (χ0v) is 11.0. The van der Waals surface area contributed by atoms with Crippen LogP contribution in [-0.4, -0.2) is 18.1 Å². The molecule has 3 nitrogen and oxygen atoms in total. The predicted molar refractivity (Wildman–Crippen MR) is 66.9 cm³/mol. The second-order valence-corrected chi connectivity index (χ2v) is 4.62. The van der Waals surface area contributed by atoms with E-state index >= 15 is 0 Å². The van der Waals surface area contributed by atoms with Crippen molar-refractivity contribution >= 4 is 11.6 Å². The Hall–Kier alpha value is -0.800. The largest absolute Gasteiger partial charge is 0.474 e. The van der Waals surface area contributed by atoms with E-state index in [1.165, 1.54) is 0 Å². The molecule has 90 valence electrons. The van der Waals surface area contributed by atoms with Crippen LogP contribution in [-0.2, 0) is 6.54 Å². The number of nitrogens with one attached hydrogen (secondary N) is 1. The lowest BCUT2D eigenvalue weighted by Crippen LogP contribution is -2.19. The summed E-state index contributed by atoms with van der Waals surface area (Å²) in [5.41, 5.74) is 1.00. The number of rotatable bonds is 5. The van der Waals surface area contributed by atoms with Crippen LogP contribution in [0.25, 0.3) is 0 Å². The third-order valence-corrected chi connectivity index (χ3v) is 2.86. The van der Waals surface area contributed by atoms with Gasteiger partial charge in [0.25, 0.3) is 0 Å². The molecule has 0 aliphatic carbocycles. The summed E-state index contributed by atoms with van der Waals surface area (Å²) < 4.78 is 5.72. The lowest BCUT2D eigenvalue weighted by molar-refractivity contribution is 0.163. The molecule has 0 saturated carbocycles. The highest BCUT2D eigenvalue weighted by Crippen LogP contribution is 2.20. The standard InChI is InChI=1S/C12H19ClN2O/c1-8(2)9(3)16-12-5-10(6-14-4)11(13)7-15-12/h5,7-9,14H,6H2,1-4H3. The van der Waals surface area contributed by atoms with Crippen molar-refractivity contribution in [2.24, 2.45) is 5.92 Å². The second-order valence-electron chi connectivity index (χ2n) is 4.21. The second kappa shape index (κ2) is 6.06. The Kier molecular flexibility index (Phi) is 5.03. The van der Waals surface area contributed by atoms with Gasteiger partial charge in [0.1, 0.15) is 0 Å². The van der Waals surface area contributed by atoms with Crippen LogP contribution in [0.2, 0.25) is 5.02 Å². The fourth-order valence-corrected chi connectivity index (χ4v) is 1.35. The first kappa shape index (κ1) is 13.3. The van der Waals surface area contributed by atoms with E-state index in [1.807, 2.05) is 20.0 Å². The van der Waals surface area contributed by atoms with Gasteiger partial charge in [-0.2, -0.15) is 0 Å². The quantitative estimate of drug-likeness (QED) is 0.862. The molecule has 4 heteroatoms. The first-order valence-corrected chi connectivity index (χ1v) is 5.88. The van der Waals surface area contributed by atoms with E-state index in [0.717, 1.165) is 5.56 Å².